The Morgan fingerprint density at radius 1 is 1.20 bits per heavy atom. The van der Waals surface area contributed by atoms with E-state index in [0.717, 1.165) is 10.8 Å². The summed E-state index contributed by atoms with van der Waals surface area (Å²) in [6.45, 7) is 3.57. The Hall–Kier alpha value is -3.07. The molecule has 2 heterocycles. The number of carboxylic acids is 1. The number of carbonyl (C=O) groups is 3. The summed E-state index contributed by atoms with van der Waals surface area (Å²) in [6, 6.07) is 11.3. The topological polar surface area (TPSA) is 108 Å². The highest BCUT2D eigenvalue weighted by Gasteiger charge is 2.64. The lowest BCUT2D eigenvalue weighted by molar-refractivity contribution is -0.160. The number of β-lactam (4-membered cyclic amide) rings is 1. The van der Waals surface area contributed by atoms with Gasteiger partial charge in [-0.15, -0.1) is 11.8 Å². The molecule has 2 aromatic carbocycles. The van der Waals surface area contributed by atoms with Gasteiger partial charge >= 0.3 is 5.97 Å². The summed E-state index contributed by atoms with van der Waals surface area (Å²) in [5.74, 6) is -2.01. The smallest absolute Gasteiger partial charge is 0.327 e. The van der Waals surface area contributed by atoms with Gasteiger partial charge in [0.25, 0.3) is 5.91 Å². The summed E-state index contributed by atoms with van der Waals surface area (Å²) in [7, 11) is 1.35. The van der Waals surface area contributed by atoms with Crippen LogP contribution in [0.3, 0.4) is 0 Å². The molecule has 2 aliphatic rings. The molecule has 30 heavy (non-hydrogen) atoms. The van der Waals surface area contributed by atoms with E-state index in [4.69, 9.17) is 4.84 Å². The fourth-order valence-corrected chi connectivity index (χ4v) is 5.72. The highest BCUT2D eigenvalue weighted by Crippen LogP contribution is 2.50. The van der Waals surface area contributed by atoms with Crippen molar-refractivity contribution in [3.63, 3.8) is 0 Å². The fourth-order valence-electron chi connectivity index (χ4n) is 4.09. The predicted octanol–water partition coefficient (Wildman–Crippen LogP) is 1.82. The van der Waals surface area contributed by atoms with Crippen LogP contribution >= 0.6 is 11.8 Å². The average molecular weight is 427 g/mol. The summed E-state index contributed by atoms with van der Waals surface area (Å²) in [4.78, 5) is 43.6. The molecule has 4 rings (SSSR count). The second-order valence-corrected chi connectivity index (χ2v) is 9.47. The lowest BCUT2D eigenvalue weighted by Crippen LogP contribution is -2.71. The van der Waals surface area contributed by atoms with Crippen LogP contribution in [-0.4, -0.2) is 62.8 Å². The molecule has 0 spiro atoms. The Kier molecular flexibility index (Phi) is 4.93. The van der Waals surface area contributed by atoms with E-state index in [-0.39, 0.29) is 5.71 Å². The Bertz CT molecular complexity index is 1080. The highest BCUT2D eigenvalue weighted by molar-refractivity contribution is 8.01. The molecule has 2 aliphatic heterocycles. The fraction of sp³-hybridized carbons (Fsp3) is 0.333. The highest BCUT2D eigenvalue weighted by atomic mass is 32.2. The molecule has 156 valence electrons. The van der Waals surface area contributed by atoms with Gasteiger partial charge in [0.2, 0.25) is 5.91 Å². The zero-order valence-corrected chi connectivity index (χ0v) is 17.5. The number of hydrogen-bond acceptors (Lipinski definition) is 6. The number of fused-ring (bicyclic) bond motifs is 2. The molecule has 0 saturated carbocycles. The van der Waals surface area contributed by atoms with Crippen LogP contribution in [0.25, 0.3) is 10.8 Å². The molecular weight excluding hydrogens is 406 g/mol. The Labute approximate surface area is 177 Å². The van der Waals surface area contributed by atoms with Crippen molar-refractivity contribution < 1.29 is 24.3 Å². The minimum atomic E-state index is -1.05. The number of amides is 2. The van der Waals surface area contributed by atoms with Crippen molar-refractivity contribution in [1.29, 1.82) is 0 Å². The molecule has 3 atom stereocenters. The lowest BCUT2D eigenvalue weighted by Gasteiger charge is -2.43. The third-order valence-corrected chi connectivity index (χ3v) is 6.98. The summed E-state index contributed by atoms with van der Waals surface area (Å²) < 4.78 is -0.662. The third kappa shape index (κ3) is 3.09. The molecule has 2 amide bonds. The molecule has 2 fully saturated rings. The van der Waals surface area contributed by atoms with Gasteiger partial charge < -0.3 is 20.2 Å². The van der Waals surface area contributed by atoms with E-state index < -0.39 is 40.0 Å². The normalized spacial score (nSPS) is 24.9. The lowest BCUT2D eigenvalue weighted by atomic mass is 9.95. The van der Waals surface area contributed by atoms with Crippen molar-refractivity contribution in [3.05, 3.63) is 48.0 Å². The van der Waals surface area contributed by atoms with E-state index in [1.165, 1.54) is 23.8 Å². The Morgan fingerprint density at radius 2 is 1.90 bits per heavy atom. The molecule has 8 nitrogen and oxygen atoms in total. The number of benzene rings is 2. The molecule has 2 aromatic rings. The van der Waals surface area contributed by atoms with E-state index in [2.05, 4.69) is 10.5 Å². The van der Waals surface area contributed by atoms with Crippen molar-refractivity contribution in [1.82, 2.24) is 10.2 Å². The molecule has 2 N–H and O–H groups in total. The minimum absolute atomic E-state index is 0.0533. The number of nitrogens with one attached hydrogen (secondary N) is 1. The van der Waals surface area contributed by atoms with Gasteiger partial charge in [0.15, 0.2) is 5.71 Å². The molecule has 0 aliphatic carbocycles. The van der Waals surface area contributed by atoms with Gasteiger partial charge in [-0.1, -0.05) is 47.6 Å². The van der Waals surface area contributed by atoms with Crippen molar-refractivity contribution in [3.8, 4) is 0 Å². The van der Waals surface area contributed by atoms with Gasteiger partial charge in [-0.05, 0) is 24.6 Å². The second kappa shape index (κ2) is 7.32. The number of rotatable bonds is 5. The first-order chi connectivity index (χ1) is 14.3. The largest absolute Gasteiger partial charge is 0.480 e. The monoisotopic (exact) mass is 427 g/mol. The number of oxime groups is 1. The molecule has 0 radical (unpaired) electrons. The average Bonchev–Trinajstić information content (AvgIpc) is 2.97. The number of aliphatic carboxylic acids is 1. The van der Waals surface area contributed by atoms with Crippen molar-refractivity contribution in [2.75, 3.05) is 7.11 Å². The van der Waals surface area contributed by atoms with Crippen LogP contribution in [0.4, 0.5) is 0 Å². The minimum Gasteiger partial charge on any atom is -0.480 e. The van der Waals surface area contributed by atoms with E-state index in [1.54, 1.807) is 19.9 Å². The number of carbonyl (C=O) groups excluding carboxylic acids is 2. The standard InChI is InChI=1S/C21H21N3O5S/c1-21(2)16(20(27)28)24-18(26)15(19(24)30-21)22-17(25)14(23-29-3)13-10-6-8-11-7-4-5-9-12(11)13/h4-10,15-16,19H,1-3H3,(H,22,25)(H,27,28)/t15-,16+,19-/m1/s1. The molecular formula is C21H21N3O5S. The number of hydrogen-bond donors (Lipinski definition) is 2. The van der Waals surface area contributed by atoms with E-state index >= 15 is 0 Å². The van der Waals surface area contributed by atoms with Crippen LogP contribution in [0.5, 0.6) is 0 Å². The summed E-state index contributed by atoms with van der Waals surface area (Å²) >= 11 is 1.37. The molecule has 0 unspecified atom stereocenters. The van der Waals surface area contributed by atoms with Crippen LogP contribution < -0.4 is 5.32 Å². The zero-order chi connectivity index (χ0) is 21.6. The third-order valence-electron chi connectivity index (χ3n) is 5.40. The molecule has 9 heteroatoms. The number of carboxylic acid groups (broad SMARTS) is 1. The van der Waals surface area contributed by atoms with Gasteiger partial charge in [0.05, 0.1) is 0 Å². The van der Waals surface area contributed by atoms with Gasteiger partial charge in [0.1, 0.15) is 24.6 Å². The van der Waals surface area contributed by atoms with E-state index in [9.17, 15) is 19.5 Å². The Morgan fingerprint density at radius 3 is 2.60 bits per heavy atom. The van der Waals surface area contributed by atoms with Crippen LogP contribution in [0.2, 0.25) is 0 Å². The van der Waals surface area contributed by atoms with Gasteiger partial charge in [-0.3, -0.25) is 9.59 Å². The van der Waals surface area contributed by atoms with Crippen molar-refractivity contribution in [2.24, 2.45) is 5.16 Å². The van der Waals surface area contributed by atoms with Crippen LogP contribution in [0.15, 0.2) is 47.6 Å². The van der Waals surface area contributed by atoms with Crippen LogP contribution in [0.1, 0.15) is 19.4 Å². The molecule has 2 saturated heterocycles. The number of nitrogens with zero attached hydrogens (tertiary/aromatic N) is 2. The first-order valence-electron chi connectivity index (χ1n) is 9.39. The predicted molar refractivity (Wildman–Crippen MR) is 113 cm³/mol. The summed E-state index contributed by atoms with van der Waals surface area (Å²) in [5.41, 5.74) is 0.636. The maximum atomic E-state index is 13.1. The quantitative estimate of drug-likeness (QED) is 0.428. The van der Waals surface area contributed by atoms with Gasteiger partial charge in [0, 0.05) is 10.3 Å². The molecule has 0 bridgehead atoms. The zero-order valence-electron chi connectivity index (χ0n) is 16.7. The van der Waals surface area contributed by atoms with Crippen LogP contribution in [0, 0.1) is 0 Å². The van der Waals surface area contributed by atoms with E-state index in [1.807, 2.05) is 36.4 Å². The molecule has 0 aromatic heterocycles. The van der Waals surface area contributed by atoms with Gasteiger partial charge in [-0.2, -0.15) is 0 Å². The first-order valence-corrected chi connectivity index (χ1v) is 10.3. The maximum Gasteiger partial charge on any atom is 0.327 e. The first kappa shape index (κ1) is 20.2. The number of thioether (sulfide) groups is 1. The Balaban J connectivity index is 1.61. The van der Waals surface area contributed by atoms with Crippen LogP contribution in [-0.2, 0) is 19.2 Å². The second-order valence-electron chi connectivity index (χ2n) is 7.70. The summed E-state index contributed by atoms with van der Waals surface area (Å²) in [6.07, 6.45) is 0. The SMILES string of the molecule is CON=C(C(=O)N[C@@H]1C(=O)N2[C@@H]1SC(C)(C)[C@@H]2C(=O)O)c1cccc2ccccc12. The van der Waals surface area contributed by atoms with Crippen molar-refractivity contribution in [2.45, 2.75) is 36.1 Å². The summed E-state index contributed by atoms with van der Waals surface area (Å²) in [5, 5.41) is 17.5. The maximum absolute atomic E-state index is 13.1. The van der Waals surface area contributed by atoms with E-state index in [0.29, 0.717) is 5.56 Å². The van der Waals surface area contributed by atoms with Gasteiger partial charge in [-0.25, -0.2) is 4.79 Å². The van der Waals surface area contributed by atoms with Crippen molar-refractivity contribution >= 4 is 46.0 Å².